The molecule has 2 atom stereocenters. The van der Waals surface area contributed by atoms with E-state index in [-0.39, 0.29) is 12.1 Å². The first kappa shape index (κ1) is 12.9. The van der Waals surface area contributed by atoms with Crippen molar-refractivity contribution in [2.24, 2.45) is 0 Å². The highest BCUT2D eigenvalue weighted by Crippen LogP contribution is 2.13. The Hall–Kier alpha value is -0.0800. The fraction of sp³-hybridized carbons (Fsp3) is 1.00. The minimum absolute atomic E-state index is 0.189. The molecule has 2 unspecified atom stereocenters. The van der Waals surface area contributed by atoms with Gasteiger partial charge in [-0.3, -0.25) is 4.90 Å². The van der Waals surface area contributed by atoms with E-state index < -0.39 is 0 Å². The molecule has 0 aromatic carbocycles. The summed E-state index contributed by atoms with van der Waals surface area (Å²) < 4.78 is 0. The lowest BCUT2D eigenvalue weighted by Gasteiger charge is -2.34. The Balaban J connectivity index is 4.13. The van der Waals surface area contributed by atoms with E-state index in [1.165, 1.54) is 0 Å². The molecule has 0 radical (unpaired) electrons. The van der Waals surface area contributed by atoms with Crippen molar-refractivity contribution in [3.63, 3.8) is 0 Å². The fourth-order valence-electron chi connectivity index (χ4n) is 1.81. The number of aliphatic hydroxyl groups excluding tert-OH is 1. The second kappa shape index (κ2) is 6.39. The van der Waals surface area contributed by atoms with Crippen molar-refractivity contribution >= 4 is 0 Å². The predicted molar refractivity (Wildman–Crippen MR) is 57.9 cm³/mol. The lowest BCUT2D eigenvalue weighted by molar-refractivity contribution is 0.0454. The van der Waals surface area contributed by atoms with E-state index in [1.807, 2.05) is 6.92 Å². The van der Waals surface area contributed by atoms with E-state index in [0.717, 1.165) is 19.3 Å². The van der Waals surface area contributed by atoms with Gasteiger partial charge in [0.2, 0.25) is 0 Å². The van der Waals surface area contributed by atoms with E-state index >= 15 is 0 Å². The van der Waals surface area contributed by atoms with Crippen molar-refractivity contribution in [3.05, 3.63) is 0 Å². The highest BCUT2D eigenvalue weighted by Gasteiger charge is 2.21. The quantitative estimate of drug-likeness (QED) is 0.689. The third kappa shape index (κ3) is 3.65. The Morgan fingerprint density at radius 2 is 1.54 bits per heavy atom. The third-order valence-corrected chi connectivity index (χ3v) is 3.14. The average Bonchev–Trinajstić information content (AvgIpc) is 2.17. The summed E-state index contributed by atoms with van der Waals surface area (Å²) in [6.07, 6.45) is 2.97. The number of hydrogen-bond acceptors (Lipinski definition) is 2. The second-order valence-electron chi connectivity index (χ2n) is 3.85. The number of hydrogen-bond donors (Lipinski definition) is 1. The predicted octanol–water partition coefficient (Wildman–Crippen LogP) is 2.27. The molecule has 0 spiro atoms. The van der Waals surface area contributed by atoms with Gasteiger partial charge in [0.1, 0.15) is 0 Å². The fourth-order valence-corrected chi connectivity index (χ4v) is 1.81. The number of rotatable bonds is 6. The molecule has 0 fully saturated rings. The van der Waals surface area contributed by atoms with Gasteiger partial charge in [0.05, 0.1) is 6.10 Å². The molecule has 0 saturated heterocycles. The Kier molecular flexibility index (Phi) is 6.35. The Morgan fingerprint density at radius 1 is 1.08 bits per heavy atom. The molecule has 13 heavy (non-hydrogen) atoms. The average molecular weight is 187 g/mol. The van der Waals surface area contributed by atoms with Crippen LogP contribution in [0.15, 0.2) is 0 Å². The highest BCUT2D eigenvalue weighted by molar-refractivity contribution is 4.76. The standard InChI is InChI=1S/C11H25NO/c1-6-10(7-2)12(5)9(4)11(13)8-3/h9-11,13H,6-8H2,1-5H3. The van der Waals surface area contributed by atoms with Crippen molar-refractivity contribution in [2.45, 2.75) is 65.1 Å². The first-order valence-corrected chi connectivity index (χ1v) is 5.48. The molecule has 2 heteroatoms. The molecule has 0 heterocycles. The van der Waals surface area contributed by atoms with Crippen molar-refractivity contribution < 1.29 is 5.11 Å². The summed E-state index contributed by atoms with van der Waals surface area (Å²) in [6.45, 7) is 8.54. The van der Waals surface area contributed by atoms with Crippen molar-refractivity contribution in [1.82, 2.24) is 4.90 Å². The van der Waals surface area contributed by atoms with Gasteiger partial charge >= 0.3 is 0 Å². The van der Waals surface area contributed by atoms with Gasteiger partial charge in [-0.15, -0.1) is 0 Å². The topological polar surface area (TPSA) is 23.5 Å². The smallest absolute Gasteiger partial charge is 0.0690 e. The molecule has 0 aromatic rings. The summed E-state index contributed by atoms with van der Waals surface area (Å²) in [5.74, 6) is 0. The minimum Gasteiger partial charge on any atom is -0.392 e. The zero-order chi connectivity index (χ0) is 10.4. The van der Waals surface area contributed by atoms with Crippen LogP contribution < -0.4 is 0 Å². The summed E-state index contributed by atoms with van der Waals surface area (Å²) in [5.41, 5.74) is 0. The van der Waals surface area contributed by atoms with Crippen LogP contribution in [0.5, 0.6) is 0 Å². The van der Waals surface area contributed by atoms with Gasteiger partial charge in [0, 0.05) is 12.1 Å². The van der Waals surface area contributed by atoms with Crippen LogP contribution in [-0.2, 0) is 0 Å². The van der Waals surface area contributed by atoms with Gasteiger partial charge in [-0.2, -0.15) is 0 Å². The zero-order valence-corrected chi connectivity index (χ0v) is 9.75. The number of aliphatic hydroxyl groups is 1. The van der Waals surface area contributed by atoms with Crippen LogP contribution in [0.4, 0.5) is 0 Å². The molecule has 2 nitrogen and oxygen atoms in total. The van der Waals surface area contributed by atoms with Gasteiger partial charge < -0.3 is 5.11 Å². The van der Waals surface area contributed by atoms with E-state index in [9.17, 15) is 5.11 Å². The minimum atomic E-state index is -0.189. The van der Waals surface area contributed by atoms with E-state index in [4.69, 9.17) is 0 Å². The van der Waals surface area contributed by atoms with Crippen LogP contribution in [0.2, 0.25) is 0 Å². The Labute approximate surface area is 82.9 Å². The van der Waals surface area contributed by atoms with Crippen LogP contribution >= 0.6 is 0 Å². The molecule has 80 valence electrons. The van der Waals surface area contributed by atoms with Gasteiger partial charge in [0.25, 0.3) is 0 Å². The lowest BCUT2D eigenvalue weighted by atomic mass is 10.0. The van der Waals surface area contributed by atoms with Crippen LogP contribution in [0.3, 0.4) is 0 Å². The van der Waals surface area contributed by atoms with Crippen molar-refractivity contribution in [2.75, 3.05) is 7.05 Å². The van der Waals surface area contributed by atoms with Gasteiger partial charge in [-0.1, -0.05) is 20.8 Å². The molecule has 0 aliphatic carbocycles. The Bertz CT molecular complexity index is 123. The van der Waals surface area contributed by atoms with E-state index in [0.29, 0.717) is 6.04 Å². The van der Waals surface area contributed by atoms with Crippen LogP contribution in [0.25, 0.3) is 0 Å². The van der Waals surface area contributed by atoms with Gasteiger partial charge in [0.15, 0.2) is 0 Å². The molecule has 0 amide bonds. The molecule has 0 saturated carbocycles. The number of nitrogens with zero attached hydrogens (tertiary/aromatic N) is 1. The summed E-state index contributed by atoms with van der Waals surface area (Å²) in [5, 5.41) is 9.70. The van der Waals surface area contributed by atoms with E-state index in [1.54, 1.807) is 0 Å². The first-order valence-electron chi connectivity index (χ1n) is 5.48. The molecule has 0 aliphatic heterocycles. The molecular weight excluding hydrogens is 162 g/mol. The van der Waals surface area contributed by atoms with Crippen LogP contribution in [0, 0.1) is 0 Å². The molecular formula is C11H25NO. The van der Waals surface area contributed by atoms with Crippen LogP contribution in [0.1, 0.15) is 47.0 Å². The maximum atomic E-state index is 9.70. The van der Waals surface area contributed by atoms with Gasteiger partial charge in [-0.05, 0) is 33.2 Å². The molecule has 1 N–H and O–H groups in total. The summed E-state index contributed by atoms with van der Waals surface area (Å²) in [7, 11) is 2.11. The largest absolute Gasteiger partial charge is 0.392 e. The molecule has 0 aliphatic rings. The summed E-state index contributed by atoms with van der Waals surface area (Å²) in [6, 6.07) is 0.881. The maximum Gasteiger partial charge on any atom is 0.0690 e. The molecule has 0 rings (SSSR count). The Morgan fingerprint density at radius 3 is 1.85 bits per heavy atom. The van der Waals surface area contributed by atoms with Crippen molar-refractivity contribution in [3.8, 4) is 0 Å². The first-order chi connectivity index (χ1) is 6.08. The molecule has 0 aromatic heterocycles. The van der Waals surface area contributed by atoms with Gasteiger partial charge in [-0.25, -0.2) is 0 Å². The SMILES string of the molecule is CCC(O)C(C)N(C)C(CC)CC. The monoisotopic (exact) mass is 187 g/mol. The van der Waals surface area contributed by atoms with Crippen molar-refractivity contribution in [1.29, 1.82) is 0 Å². The normalized spacial score (nSPS) is 16.6. The number of likely N-dealkylation sites (N-methyl/N-ethyl adjacent to an activating group) is 1. The highest BCUT2D eigenvalue weighted by atomic mass is 16.3. The summed E-state index contributed by atoms with van der Waals surface area (Å²) in [4.78, 5) is 2.30. The summed E-state index contributed by atoms with van der Waals surface area (Å²) >= 11 is 0. The molecule has 0 bridgehead atoms. The van der Waals surface area contributed by atoms with Crippen LogP contribution in [-0.4, -0.2) is 35.2 Å². The second-order valence-corrected chi connectivity index (χ2v) is 3.85. The maximum absolute atomic E-state index is 9.70. The lowest BCUT2D eigenvalue weighted by Crippen LogP contribution is -2.44. The zero-order valence-electron chi connectivity index (χ0n) is 9.75. The third-order valence-electron chi connectivity index (χ3n) is 3.14. The van der Waals surface area contributed by atoms with E-state index in [2.05, 4.69) is 32.7 Å².